The molecule has 1 saturated carbocycles. The number of benzene rings is 1. The predicted octanol–water partition coefficient (Wildman–Crippen LogP) is 3.67. The summed E-state index contributed by atoms with van der Waals surface area (Å²) in [6.07, 6.45) is 9.67. The normalized spacial score (nSPS) is 18.5. The summed E-state index contributed by atoms with van der Waals surface area (Å²) < 4.78 is 12.1. The van der Waals surface area contributed by atoms with Crippen LogP contribution in [0.15, 0.2) is 23.3 Å². The molecule has 164 valence electrons. The van der Waals surface area contributed by atoms with Crippen molar-refractivity contribution in [2.45, 2.75) is 70.9 Å². The van der Waals surface area contributed by atoms with Crippen LogP contribution in [0.5, 0.6) is 11.5 Å². The van der Waals surface area contributed by atoms with Crippen LogP contribution in [-0.2, 0) is 11.3 Å². The first-order chi connectivity index (χ1) is 14.6. The van der Waals surface area contributed by atoms with Crippen molar-refractivity contribution in [2.75, 3.05) is 14.2 Å². The van der Waals surface area contributed by atoms with Crippen molar-refractivity contribution in [3.63, 3.8) is 0 Å². The van der Waals surface area contributed by atoms with Gasteiger partial charge in [-0.1, -0.05) is 26.2 Å². The number of hydrogen-bond acceptors (Lipinski definition) is 5. The topological polar surface area (TPSA) is 82.5 Å². The number of ether oxygens (including phenoxy) is 2. The van der Waals surface area contributed by atoms with Crippen LogP contribution in [-0.4, -0.2) is 35.7 Å². The third kappa shape index (κ3) is 5.12. The number of carbonyl (C=O) groups is 1. The Morgan fingerprint density at radius 3 is 2.70 bits per heavy atom. The highest BCUT2D eigenvalue weighted by Gasteiger charge is 2.27. The van der Waals surface area contributed by atoms with Gasteiger partial charge in [0, 0.05) is 25.1 Å². The monoisotopic (exact) mass is 415 g/mol. The highest BCUT2D eigenvalue weighted by molar-refractivity contribution is 5.81. The van der Waals surface area contributed by atoms with E-state index in [4.69, 9.17) is 9.47 Å². The number of amides is 1. The van der Waals surface area contributed by atoms with Gasteiger partial charge < -0.3 is 14.8 Å². The second-order valence-electron chi connectivity index (χ2n) is 8.08. The van der Waals surface area contributed by atoms with Gasteiger partial charge in [0.15, 0.2) is 11.5 Å². The molecule has 1 fully saturated rings. The Kier molecular flexibility index (Phi) is 7.71. The van der Waals surface area contributed by atoms with Crippen LogP contribution in [0.25, 0.3) is 10.9 Å². The van der Waals surface area contributed by atoms with Crippen molar-refractivity contribution in [3.8, 4) is 11.5 Å². The zero-order valence-corrected chi connectivity index (χ0v) is 18.3. The Hall–Kier alpha value is -2.57. The van der Waals surface area contributed by atoms with E-state index >= 15 is 0 Å². The number of unbranched alkanes of at least 4 members (excludes halogenated alkanes) is 1. The summed E-state index contributed by atoms with van der Waals surface area (Å²) in [5.41, 5.74) is 0.419. The number of rotatable bonds is 10. The fourth-order valence-corrected chi connectivity index (χ4v) is 4.37. The predicted molar refractivity (Wildman–Crippen MR) is 117 cm³/mol. The maximum Gasteiger partial charge on any atom is 0.261 e. The van der Waals surface area contributed by atoms with E-state index in [1.54, 1.807) is 23.8 Å². The van der Waals surface area contributed by atoms with Crippen molar-refractivity contribution in [3.05, 3.63) is 28.8 Å². The number of nitrogens with zero attached hydrogens (tertiary/aromatic N) is 2. The van der Waals surface area contributed by atoms with Crippen molar-refractivity contribution < 1.29 is 14.3 Å². The molecule has 1 aromatic heterocycles. The van der Waals surface area contributed by atoms with Gasteiger partial charge in [-0.25, -0.2) is 4.98 Å². The molecule has 1 aliphatic rings. The molecule has 0 saturated heterocycles. The van der Waals surface area contributed by atoms with Crippen molar-refractivity contribution >= 4 is 16.8 Å². The first-order valence-corrected chi connectivity index (χ1v) is 11.0. The van der Waals surface area contributed by atoms with Gasteiger partial charge in [-0.3, -0.25) is 14.2 Å². The molecule has 1 N–H and O–H groups in total. The van der Waals surface area contributed by atoms with Crippen molar-refractivity contribution in [1.82, 2.24) is 14.9 Å². The molecule has 0 aliphatic heterocycles. The molecule has 1 aliphatic carbocycles. The third-order valence-electron chi connectivity index (χ3n) is 6.07. The maximum atomic E-state index is 12.8. The summed E-state index contributed by atoms with van der Waals surface area (Å²) in [5.74, 6) is 1.73. The number of nitrogens with one attached hydrogen (secondary N) is 1. The van der Waals surface area contributed by atoms with E-state index in [1.165, 1.54) is 45.5 Å². The summed E-state index contributed by atoms with van der Waals surface area (Å²) >= 11 is 0. The minimum Gasteiger partial charge on any atom is -0.493 e. The van der Waals surface area contributed by atoms with E-state index in [1.807, 2.05) is 0 Å². The van der Waals surface area contributed by atoms with Gasteiger partial charge in [0.25, 0.3) is 5.56 Å². The Bertz CT molecular complexity index is 925. The molecular formula is C23H33N3O4. The average Bonchev–Trinajstić information content (AvgIpc) is 3.19. The van der Waals surface area contributed by atoms with Crippen LogP contribution in [0.2, 0.25) is 0 Å². The first-order valence-electron chi connectivity index (χ1n) is 11.0. The fourth-order valence-electron chi connectivity index (χ4n) is 4.37. The minimum absolute atomic E-state index is 0.0802. The van der Waals surface area contributed by atoms with Crippen LogP contribution in [0.4, 0.5) is 0 Å². The number of carbonyl (C=O) groups excluding carboxylic acids is 1. The van der Waals surface area contributed by atoms with E-state index in [0.29, 0.717) is 53.7 Å². The maximum absolute atomic E-state index is 12.8. The molecule has 7 nitrogen and oxygen atoms in total. The highest BCUT2D eigenvalue weighted by Crippen LogP contribution is 2.30. The molecule has 0 bridgehead atoms. The van der Waals surface area contributed by atoms with Crippen LogP contribution >= 0.6 is 0 Å². The molecule has 1 amide bonds. The van der Waals surface area contributed by atoms with Gasteiger partial charge in [0.2, 0.25) is 5.91 Å². The summed E-state index contributed by atoms with van der Waals surface area (Å²) in [5, 5.41) is 3.70. The SMILES string of the molecule is CCCCC1CCCC1NC(=O)CCCn1cnc2cc(OC)c(OC)cc2c1=O. The van der Waals surface area contributed by atoms with Gasteiger partial charge in [-0.15, -0.1) is 0 Å². The molecule has 0 spiro atoms. The van der Waals surface area contributed by atoms with Crippen LogP contribution in [0.1, 0.15) is 58.3 Å². The zero-order valence-electron chi connectivity index (χ0n) is 18.3. The quantitative estimate of drug-likeness (QED) is 0.640. The van der Waals surface area contributed by atoms with E-state index < -0.39 is 0 Å². The van der Waals surface area contributed by atoms with Crippen LogP contribution in [0.3, 0.4) is 0 Å². The summed E-state index contributed by atoms with van der Waals surface area (Å²) in [6.45, 7) is 2.66. The average molecular weight is 416 g/mol. The van der Waals surface area contributed by atoms with Crippen molar-refractivity contribution in [1.29, 1.82) is 0 Å². The summed E-state index contributed by atoms with van der Waals surface area (Å²) in [4.78, 5) is 29.6. The number of aromatic nitrogens is 2. The largest absolute Gasteiger partial charge is 0.493 e. The number of aryl methyl sites for hydroxylation is 1. The lowest BCUT2D eigenvalue weighted by molar-refractivity contribution is -0.122. The number of methoxy groups -OCH3 is 2. The van der Waals surface area contributed by atoms with Gasteiger partial charge in [0.1, 0.15) is 0 Å². The standard InChI is InChI=1S/C23H33N3O4/c1-4-5-8-16-9-6-10-18(16)25-22(27)11-7-12-26-15-24-19-14-21(30-3)20(29-2)13-17(19)23(26)28/h13-16,18H,4-12H2,1-3H3,(H,25,27). The molecule has 30 heavy (non-hydrogen) atoms. The van der Waals surface area contributed by atoms with Crippen LogP contribution in [0, 0.1) is 5.92 Å². The third-order valence-corrected chi connectivity index (χ3v) is 6.07. The van der Waals surface area contributed by atoms with E-state index in [-0.39, 0.29) is 11.5 Å². The second kappa shape index (κ2) is 10.5. The fraction of sp³-hybridized carbons (Fsp3) is 0.609. The first kappa shape index (κ1) is 22.1. The molecular weight excluding hydrogens is 382 g/mol. The zero-order chi connectivity index (χ0) is 21.5. The lowest BCUT2D eigenvalue weighted by Crippen LogP contribution is -2.37. The van der Waals surface area contributed by atoms with Gasteiger partial charge in [0.05, 0.1) is 31.4 Å². The van der Waals surface area contributed by atoms with E-state index in [2.05, 4.69) is 17.2 Å². The molecule has 2 atom stereocenters. The van der Waals surface area contributed by atoms with E-state index in [9.17, 15) is 9.59 Å². The van der Waals surface area contributed by atoms with Crippen LogP contribution < -0.4 is 20.3 Å². The smallest absolute Gasteiger partial charge is 0.261 e. The lowest BCUT2D eigenvalue weighted by atomic mass is 9.96. The molecule has 1 heterocycles. The number of fused-ring (bicyclic) bond motifs is 1. The summed E-state index contributed by atoms with van der Waals surface area (Å²) in [6, 6.07) is 3.67. The summed E-state index contributed by atoms with van der Waals surface area (Å²) in [7, 11) is 3.09. The lowest BCUT2D eigenvalue weighted by Gasteiger charge is -2.21. The van der Waals surface area contributed by atoms with Gasteiger partial charge in [-0.2, -0.15) is 0 Å². The van der Waals surface area contributed by atoms with Gasteiger partial charge >= 0.3 is 0 Å². The molecule has 3 rings (SSSR count). The number of hydrogen-bond donors (Lipinski definition) is 1. The Morgan fingerprint density at radius 2 is 1.97 bits per heavy atom. The molecule has 2 unspecified atom stereocenters. The van der Waals surface area contributed by atoms with Gasteiger partial charge in [-0.05, 0) is 37.7 Å². The molecule has 2 aromatic rings. The molecule has 0 radical (unpaired) electrons. The highest BCUT2D eigenvalue weighted by atomic mass is 16.5. The Labute approximate surface area is 177 Å². The molecule has 1 aromatic carbocycles. The Balaban J connectivity index is 1.58. The molecule has 7 heteroatoms. The minimum atomic E-state index is -0.142. The Morgan fingerprint density at radius 1 is 1.20 bits per heavy atom. The van der Waals surface area contributed by atoms with Crippen molar-refractivity contribution in [2.24, 2.45) is 5.92 Å². The van der Waals surface area contributed by atoms with E-state index in [0.717, 1.165) is 6.42 Å². The second-order valence-corrected chi connectivity index (χ2v) is 8.08.